The predicted molar refractivity (Wildman–Crippen MR) is 45.2 cm³/mol. The molecule has 0 aromatic heterocycles. The first-order valence-electron chi connectivity index (χ1n) is 2.90. The van der Waals surface area contributed by atoms with Crippen LogP contribution in [-0.2, 0) is 0 Å². The predicted octanol–water partition coefficient (Wildman–Crippen LogP) is -0.358. The molecule has 4 heteroatoms. The van der Waals surface area contributed by atoms with E-state index in [2.05, 4.69) is 0 Å². The second-order valence-corrected chi connectivity index (χ2v) is 1.84. The minimum atomic E-state index is -0.263. The van der Waals surface area contributed by atoms with Crippen LogP contribution in [0, 0.1) is 0 Å². The van der Waals surface area contributed by atoms with Gasteiger partial charge in [-0.2, -0.15) is 0 Å². The molecule has 0 bridgehead atoms. The van der Waals surface area contributed by atoms with E-state index in [-0.39, 0.29) is 35.5 Å². The summed E-state index contributed by atoms with van der Waals surface area (Å²) in [7, 11) is 0. The van der Waals surface area contributed by atoms with Crippen LogP contribution in [0.3, 0.4) is 0 Å². The Morgan fingerprint density at radius 3 is 2.27 bits per heavy atom. The molecule has 0 heterocycles. The van der Waals surface area contributed by atoms with E-state index in [0.29, 0.717) is 5.56 Å². The van der Waals surface area contributed by atoms with E-state index < -0.39 is 0 Å². The van der Waals surface area contributed by atoms with Crippen LogP contribution in [0.15, 0.2) is 30.3 Å². The molecule has 1 aromatic carbocycles. The average molecular weight is 160 g/mol. The van der Waals surface area contributed by atoms with E-state index in [9.17, 15) is 4.79 Å². The van der Waals surface area contributed by atoms with E-state index >= 15 is 0 Å². The number of nitrogens with two attached hydrogens (primary N) is 1. The van der Waals surface area contributed by atoms with Crippen molar-refractivity contribution in [3.8, 4) is 0 Å². The molecule has 11 heavy (non-hydrogen) atoms. The Morgan fingerprint density at radius 2 is 1.82 bits per heavy atom. The van der Waals surface area contributed by atoms with E-state index in [4.69, 9.17) is 5.84 Å². The summed E-state index contributed by atoms with van der Waals surface area (Å²) in [6.45, 7) is 0. The third-order valence-electron chi connectivity index (χ3n) is 1.17. The molecule has 0 spiro atoms. The first-order valence-corrected chi connectivity index (χ1v) is 2.90. The molecule has 0 saturated carbocycles. The van der Waals surface area contributed by atoms with Gasteiger partial charge in [-0.05, 0) is 12.1 Å². The van der Waals surface area contributed by atoms with Gasteiger partial charge in [-0.15, -0.1) is 0 Å². The first-order chi connectivity index (χ1) is 4.84. The molecule has 0 atom stereocenters. The van der Waals surface area contributed by atoms with Gasteiger partial charge in [-0.3, -0.25) is 10.2 Å². The van der Waals surface area contributed by atoms with Gasteiger partial charge >= 0.3 is 29.6 Å². The van der Waals surface area contributed by atoms with Crippen LogP contribution in [0.25, 0.3) is 0 Å². The van der Waals surface area contributed by atoms with Gasteiger partial charge in [0.2, 0.25) is 0 Å². The quantitative estimate of drug-likeness (QED) is 0.255. The molecule has 3 nitrogen and oxygen atoms in total. The van der Waals surface area contributed by atoms with Crippen molar-refractivity contribution in [2.24, 2.45) is 5.84 Å². The fraction of sp³-hybridized carbons (Fsp3) is 0. The van der Waals surface area contributed by atoms with Gasteiger partial charge in [-0.1, -0.05) is 18.2 Å². The summed E-state index contributed by atoms with van der Waals surface area (Å²) in [6, 6.07) is 8.80. The summed E-state index contributed by atoms with van der Waals surface area (Å²) in [4.78, 5) is 10.8. The first kappa shape index (κ1) is 10.7. The molecule has 0 radical (unpaired) electrons. The molecule has 0 unspecified atom stereocenters. The summed E-state index contributed by atoms with van der Waals surface area (Å²) < 4.78 is 0. The molecule has 1 amide bonds. The Balaban J connectivity index is 0.000001000. The molecule has 1 aromatic rings. The third-order valence-corrected chi connectivity index (χ3v) is 1.17. The van der Waals surface area contributed by atoms with Crippen molar-refractivity contribution in [2.75, 3.05) is 0 Å². The number of rotatable bonds is 1. The van der Waals surface area contributed by atoms with Crippen molar-refractivity contribution in [3.63, 3.8) is 0 Å². The number of benzene rings is 1. The van der Waals surface area contributed by atoms with Gasteiger partial charge in [0.05, 0.1) is 0 Å². The number of amides is 1. The Hall–Kier alpha value is -0.350. The molecular formula is C7H9N2NaO. The molecule has 0 fully saturated rings. The van der Waals surface area contributed by atoms with Crippen molar-refractivity contribution < 1.29 is 4.79 Å². The van der Waals surface area contributed by atoms with Crippen LogP contribution in [0.2, 0.25) is 0 Å². The number of nitrogens with one attached hydrogen (secondary N) is 1. The number of hydrogen-bond acceptors (Lipinski definition) is 2. The molecule has 0 aliphatic heterocycles. The Bertz CT molecular complexity index is 225. The second kappa shape index (κ2) is 5.32. The fourth-order valence-corrected chi connectivity index (χ4v) is 0.673. The number of carbonyl (C=O) groups is 1. The van der Waals surface area contributed by atoms with Crippen LogP contribution in [0.4, 0.5) is 0 Å². The summed E-state index contributed by atoms with van der Waals surface area (Å²) in [6.07, 6.45) is 0. The van der Waals surface area contributed by atoms with Crippen LogP contribution in [0.1, 0.15) is 10.4 Å². The zero-order chi connectivity index (χ0) is 7.40. The SMILES string of the molecule is NNC(=O)c1ccccc1.[NaH]. The molecule has 0 aliphatic carbocycles. The average Bonchev–Trinajstić information content (AvgIpc) is 2.05. The van der Waals surface area contributed by atoms with Crippen molar-refractivity contribution in [3.05, 3.63) is 35.9 Å². The molecule has 1 rings (SSSR count). The third kappa shape index (κ3) is 3.03. The summed E-state index contributed by atoms with van der Waals surface area (Å²) in [5.74, 6) is 4.64. The van der Waals surface area contributed by atoms with Crippen LogP contribution in [0.5, 0.6) is 0 Å². The number of nitrogen functional groups attached to an aromatic ring is 1. The summed E-state index contributed by atoms with van der Waals surface area (Å²) >= 11 is 0. The van der Waals surface area contributed by atoms with Crippen molar-refractivity contribution in [1.82, 2.24) is 5.43 Å². The summed E-state index contributed by atoms with van der Waals surface area (Å²) in [5, 5.41) is 0. The Morgan fingerprint density at radius 1 is 1.27 bits per heavy atom. The van der Waals surface area contributed by atoms with Gasteiger partial charge in [0, 0.05) is 5.56 Å². The number of carbonyl (C=O) groups excluding carboxylic acids is 1. The van der Waals surface area contributed by atoms with Gasteiger partial charge in [0.1, 0.15) is 0 Å². The fourth-order valence-electron chi connectivity index (χ4n) is 0.673. The van der Waals surface area contributed by atoms with Gasteiger partial charge in [0.15, 0.2) is 0 Å². The monoisotopic (exact) mass is 160 g/mol. The minimum absolute atomic E-state index is 0. The van der Waals surface area contributed by atoms with Gasteiger partial charge in [0.25, 0.3) is 5.91 Å². The van der Waals surface area contributed by atoms with E-state index in [0.717, 1.165) is 0 Å². The van der Waals surface area contributed by atoms with Crippen LogP contribution >= 0.6 is 0 Å². The van der Waals surface area contributed by atoms with Gasteiger partial charge in [-0.25, -0.2) is 5.84 Å². The molecule has 0 saturated heterocycles. The molecular weight excluding hydrogens is 151 g/mol. The second-order valence-electron chi connectivity index (χ2n) is 1.84. The Labute approximate surface area is 87.2 Å². The zero-order valence-electron chi connectivity index (χ0n) is 5.37. The Kier molecular flexibility index (Phi) is 5.15. The van der Waals surface area contributed by atoms with E-state index in [1.54, 1.807) is 24.3 Å². The molecule has 3 N–H and O–H groups in total. The normalized spacial score (nSPS) is 8.09. The van der Waals surface area contributed by atoms with E-state index in [1.165, 1.54) is 0 Å². The topological polar surface area (TPSA) is 55.1 Å². The maximum absolute atomic E-state index is 10.8. The van der Waals surface area contributed by atoms with Crippen molar-refractivity contribution in [1.29, 1.82) is 0 Å². The van der Waals surface area contributed by atoms with Gasteiger partial charge < -0.3 is 0 Å². The van der Waals surface area contributed by atoms with Crippen molar-refractivity contribution >= 4 is 35.5 Å². The van der Waals surface area contributed by atoms with Crippen molar-refractivity contribution in [2.45, 2.75) is 0 Å². The molecule has 0 aliphatic rings. The summed E-state index contributed by atoms with van der Waals surface area (Å²) in [5.41, 5.74) is 2.62. The van der Waals surface area contributed by atoms with Crippen LogP contribution in [-0.4, -0.2) is 35.5 Å². The maximum atomic E-state index is 10.8. The molecule has 54 valence electrons. The standard InChI is InChI=1S/C7H8N2O.Na.H/c8-9-7(10)6-4-2-1-3-5-6;;/h1-5H,8H2,(H,9,10);;. The van der Waals surface area contributed by atoms with E-state index in [1.807, 2.05) is 11.5 Å². The number of hydrogen-bond donors (Lipinski definition) is 2. The number of hydrazine groups is 1. The van der Waals surface area contributed by atoms with Crippen LogP contribution < -0.4 is 11.3 Å². The zero-order valence-corrected chi connectivity index (χ0v) is 5.37.